The molecule has 1 nitrogen and oxygen atoms in total. The zero-order valence-electron chi connectivity index (χ0n) is 8.97. The van der Waals surface area contributed by atoms with Crippen molar-refractivity contribution in [2.45, 2.75) is 31.8 Å². The molecule has 2 atom stereocenters. The maximum atomic E-state index is 9.80. The molecule has 1 saturated carbocycles. The van der Waals surface area contributed by atoms with Crippen LogP contribution in [0.3, 0.4) is 0 Å². The lowest BCUT2D eigenvalue weighted by Gasteiger charge is -2.24. The highest BCUT2D eigenvalue weighted by Crippen LogP contribution is 2.25. The van der Waals surface area contributed by atoms with E-state index in [0.717, 1.165) is 12.8 Å². The molecule has 0 bridgehead atoms. The van der Waals surface area contributed by atoms with Gasteiger partial charge in [-0.25, -0.2) is 0 Å². The maximum Gasteiger partial charge on any atom is 0.0602 e. The van der Waals surface area contributed by atoms with Crippen molar-refractivity contribution >= 4 is 6.08 Å². The first-order valence-electron chi connectivity index (χ1n) is 5.77. The van der Waals surface area contributed by atoms with Crippen molar-refractivity contribution in [3.05, 3.63) is 42.0 Å². The first kappa shape index (κ1) is 10.4. The standard InChI is InChI=1S/C14H18O/c15-14-9-5-4-8-13(14)11-10-12-6-2-1-3-7-12/h1-3,6-7,10-11,13-15H,4-5,8-9H2/b11-10+/t13-,14+/m0/s1. The van der Waals surface area contributed by atoms with Crippen LogP contribution < -0.4 is 0 Å². The minimum absolute atomic E-state index is 0.126. The molecule has 0 saturated heterocycles. The van der Waals surface area contributed by atoms with E-state index in [9.17, 15) is 5.11 Å². The summed E-state index contributed by atoms with van der Waals surface area (Å²) in [7, 11) is 0. The Kier molecular flexibility index (Phi) is 3.57. The summed E-state index contributed by atoms with van der Waals surface area (Å²) in [6.45, 7) is 0. The summed E-state index contributed by atoms with van der Waals surface area (Å²) in [5.74, 6) is 0.360. The van der Waals surface area contributed by atoms with Gasteiger partial charge in [-0.2, -0.15) is 0 Å². The van der Waals surface area contributed by atoms with Gasteiger partial charge in [0.25, 0.3) is 0 Å². The number of aliphatic hydroxyl groups excluding tert-OH is 1. The van der Waals surface area contributed by atoms with E-state index in [0.29, 0.717) is 5.92 Å². The summed E-state index contributed by atoms with van der Waals surface area (Å²) in [6.07, 6.45) is 8.68. The normalized spacial score (nSPS) is 27.0. The molecule has 0 heterocycles. The van der Waals surface area contributed by atoms with Crippen molar-refractivity contribution in [2.75, 3.05) is 0 Å². The highest BCUT2D eigenvalue weighted by atomic mass is 16.3. The van der Waals surface area contributed by atoms with Gasteiger partial charge >= 0.3 is 0 Å². The topological polar surface area (TPSA) is 20.2 Å². The van der Waals surface area contributed by atoms with Crippen LogP contribution >= 0.6 is 0 Å². The highest BCUT2D eigenvalue weighted by molar-refractivity contribution is 5.49. The zero-order valence-corrected chi connectivity index (χ0v) is 8.97. The van der Waals surface area contributed by atoms with Crippen molar-refractivity contribution in [3.8, 4) is 0 Å². The summed E-state index contributed by atoms with van der Waals surface area (Å²) in [6, 6.07) is 10.3. The van der Waals surface area contributed by atoms with Crippen LogP contribution in [-0.4, -0.2) is 11.2 Å². The number of hydrogen-bond donors (Lipinski definition) is 1. The predicted molar refractivity (Wildman–Crippen MR) is 63.4 cm³/mol. The van der Waals surface area contributed by atoms with E-state index in [1.165, 1.54) is 18.4 Å². The molecular weight excluding hydrogens is 184 g/mol. The molecule has 0 aliphatic heterocycles. The summed E-state index contributed by atoms with van der Waals surface area (Å²) in [5, 5.41) is 9.80. The van der Waals surface area contributed by atoms with Gasteiger partial charge in [-0.05, 0) is 18.4 Å². The Morgan fingerprint density at radius 2 is 1.80 bits per heavy atom. The molecule has 0 unspecified atom stereocenters. The Bertz CT molecular complexity index is 315. The fourth-order valence-corrected chi connectivity index (χ4v) is 2.16. The lowest BCUT2D eigenvalue weighted by atomic mass is 9.86. The van der Waals surface area contributed by atoms with Crippen LogP contribution in [0.5, 0.6) is 0 Å². The van der Waals surface area contributed by atoms with E-state index < -0.39 is 0 Å². The fraction of sp³-hybridized carbons (Fsp3) is 0.429. The second-order valence-corrected chi connectivity index (χ2v) is 4.29. The minimum atomic E-state index is -0.126. The van der Waals surface area contributed by atoms with Crippen molar-refractivity contribution in [1.29, 1.82) is 0 Å². The van der Waals surface area contributed by atoms with E-state index in [1.807, 2.05) is 18.2 Å². The third-order valence-corrected chi connectivity index (χ3v) is 3.12. The Balaban J connectivity index is 1.98. The van der Waals surface area contributed by atoms with Crippen LogP contribution in [0.1, 0.15) is 31.2 Å². The third kappa shape index (κ3) is 2.93. The molecular formula is C14H18O. The first-order chi connectivity index (χ1) is 7.36. The van der Waals surface area contributed by atoms with E-state index >= 15 is 0 Å². The predicted octanol–water partition coefficient (Wildman–Crippen LogP) is 3.25. The van der Waals surface area contributed by atoms with Gasteiger partial charge in [0.15, 0.2) is 0 Å². The molecule has 1 aliphatic carbocycles. The number of hydrogen-bond acceptors (Lipinski definition) is 1. The van der Waals surface area contributed by atoms with Gasteiger partial charge in [0, 0.05) is 5.92 Å². The zero-order chi connectivity index (χ0) is 10.5. The molecule has 0 aromatic heterocycles. The largest absolute Gasteiger partial charge is 0.393 e. The molecule has 1 N–H and O–H groups in total. The van der Waals surface area contributed by atoms with Crippen LogP contribution in [0, 0.1) is 5.92 Å². The van der Waals surface area contributed by atoms with Crippen LogP contribution in [0.2, 0.25) is 0 Å². The van der Waals surface area contributed by atoms with E-state index in [4.69, 9.17) is 0 Å². The highest BCUT2D eigenvalue weighted by Gasteiger charge is 2.19. The average molecular weight is 202 g/mol. The molecule has 2 rings (SSSR count). The van der Waals surface area contributed by atoms with E-state index in [2.05, 4.69) is 24.3 Å². The molecule has 1 fully saturated rings. The van der Waals surface area contributed by atoms with Gasteiger partial charge in [0.05, 0.1) is 6.10 Å². The van der Waals surface area contributed by atoms with Gasteiger partial charge in [0.2, 0.25) is 0 Å². The monoisotopic (exact) mass is 202 g/mol. The SMILES string of the molecule is O[C@@H]1CCCC[C@H]1/C=C/c1ccccc1. The van der Waals surface area contributed by atoms with Crippen molar-refractivity contribution in [3.63, 3.8) is 0 Å². The molecule has 0 radical (unpaired) electrons. The lowest BCUT2D eigenvalue weighted by molar-refractivity contribution is 0.0931. The van der Waals surface area contributed by atoms with Crippen LogP contribution in [0.25, 0.3) is 6.08 Å². The van der Waals surface area contributed by atoms with Gasteiger partial charge in [0.1, 0.15) is 0 Å². The molecule has 15 heavy (non-hydrogen) atoms. The molecule has 80 valence electrons. The van der Waals surface area contributed by atoms with Crippen molar-refractivity contribution in [1.82, 2.24) is 0 Å². The van der Waals surface area contributed by atoms with E-state index in [-0.39, 0.29) is 6.10 Å². The van der Waals surface area contributed by atoms with Gasteiger partial charge < -0.3 is 5.11 Å². The first-order valence-corrected chi connectivity index (χ1v) is 5.77. The molecule has 0 spiro atoms. The molecule has 0 amide bonds. The second kappa shape index (κ2) is 5.13. The molecule has 1 aromatic carbocycles. The Hall–Kier alpha value is -1.08. The third-order valence-electron chi connectivity index (χ3n) is 3.12. The summed E-state index contributed by atoms with van der Waals surface area (Å²) in [5.41, 5.74) is 1.22. The van der Waals surface area contributed by atoms with Crippen LogP contribution in [-0.2, 0) is 0 Å². The number of aliphatic hydroxyl groups is 1. The van der Waals surface area contributed by atoms with Crippen LogP contribution in [0.15, 0.2) is 36.4 Å². The maximum absolute atomic E-state index is 9.80. The Morgan fingerprint density at radius 3 is 2.53 bits per heavy atom. The lowest BCUT2D eigenvalue weighted by Crippen LogP contribution is -2.22. The summed E-state index contributed by atoms with van der Waals surface area (Å²) >= 11 is 0. The molecule has 1 aliphatic rings. The molecule has 1 heteroatoms. The molecule has 1 aromatic rings. The van der Waals surface area contributed by atoms with Gasteiger partial charge in [-0.3, -0.25) is 0 Å². The van der Waals surface area contributed by atoms with E-state index in [1.54, 1.807) is 0 Å². The summed E-state index contributed by atoms with van der Waals surface area (Å²) < 4.78 is 0. The average Bonchev–Trinajstić information content (AvgIpc) is 2.29. The van der Waals surface area contributed by atoms with Crippen molar-refractivity contribution < 1.29 is 5.11 Å². The summed E-state index contributed by atoms with van der Waals surface area (Å²) in [4.78, 5) is 0. The van der Waals surface area contributed by atoms with Crippen molar-refractivity contribution in [2.24, 2.45) is 5.92 Å². The second-order valence-electron chi connectivity index (χ2n) is 4.29. The quantitative estimate of drug-likeness (QED) is 0.780. The van der Waals surface area contributed by atoms with Gasteiger partial charge in [-0.1, -0.05) is 55.3 Å². The minimum Gasteiger partial charge on any atom is -0.393 e. The van der Waals surface area contributed by atoms with Gasteiger partial charge in [-0.15, -0.1) is 0 Å². The Morgan fingerprint density at radius 1 is 1.07 bits per heavy atom. The fourth-order valence-electron chi connectivity index (χ4n) is 2.16. The Labute approximate surface area is 91.4 Å². The smallest absolute Gasteiger partial charge is 0.0602 e. The van der Waals surface area contributed by atoms with Crippen LogP contribution in [0.4, 0.5) is 0 Å². The number of benzene rings is 1. The number of rotatable bonds is 2.